The zero-order valence-electron chi connectivity index (χ0n) is 8.53. The first-order valence-corrected chi connectivity index (χ1v) is 6.24. The average molecular weight is 245 g/mol. The second kappa shape index (κ2) is 3.56. The van der Waals surface area contributed by atoms with Crippen molar-refractivity contribution >= 4 is 10.0 Å². The summed E-state index contributed by atoms with van der Waals surface area (Å²) in [6, 6.07) is -0.0873. The second-order valence-electron chi connectivity index (χ2n) is 3.76. The van der Waals surface area contributed by atoms with Crippen molar-refractivity contribution in [3.8, 4) is 0 Å². The molecule has 2 rings (SSSR count). The van der Waals surface area contributed by atoms with Crippen molar-refractivity contribution in [3.05, 3.63) is 26.5 Å². The van der Waals surface area contributed by atoms with E-state index in [0.29, 0.717) is 0 Å². The van der Waals surface area contributed by atoms with Crippen LogP contribution in [0.1, 0.15) is 18.5 Å². The number of H-pyrrole nitrogens is 2. The minimum Gasteiger partial charge on any atom is -0.310 e. The van der Waals surface area contributed by atoms with Gasteiger partial charge >= 0.3 is 5.69 Å². The Morgan fingerprint density at radius 2 is 1.88 bits per heavy atom. The van der Waals surface area contributed by atoms with Crippen LogP contribution in [0.5, 0.6) is 0 Å². The quantitative estimate of drug-likeness (QED) is 0.621. The van der Waals surface area contributed by atoms with E-state index in [1.54, 1.807) is 0 Å². The lowest BCUT2D eigenvalue weighted by Gasteiger charge is -2.06. The molecular formula is C8H11N3O4S. The van der Waals surface area contributed by atoms with E-state index in [-0.39, 0.29) is 11.7 Å². The Morgan fingerprint density at radius 3 is 2.38 bits per heavy atom. The van der Waals surface area contributed by atoms with Crippen LogP contribution >= 0.6 is 0 Å². The average Bonchev–Trinajstić information content (AvgIpc) is 2.83. The summed E-state index contributed by atoms with van der Waals surface area (Å²) >= 11 is 0. The molecule has 1 heterocycles. The van der Waals surface area contributed by atoms with Crippen molar-refractivity contribution < 1.29 is 8.42 Å². The predicted octanol–water partition coefficient (Wildman–Crippen LogP) is -1.19. The predicted molar refractivity (Wildman–Crippen MR) is 55.8 cm³/mol. The van der Waals surface area contributed by atoms with E-state index < -0.39 is 26.2 Å². The number of rotatable bonds is 3. The zero-order valence-corrected chi connectivity index (χ0v) is 9.35. The van der Waals surface area contributed by atoms with Gasteiger partial charge in [-0.15, -0.1) is 0 Å². The van der Waals surface area contributed by atoms with Gasteiger partial charge < -0.3 is 4.98 Å². The third kappa shape index (κ3) is 2.07. The van der Waals surface area contributed by atoms with Gasteiger partial charge in [-0.2, -0.15) is 0 Å². The fraction of sp³-hybridized carbons (Fsp3) is 0.500. The van der Waals surface area contributed by atoms with Crippen LogP contribution in [0, 0.1) is 6.92 Å². The molecule has 16 heavy (non-hydrogen) atoms. The van der Waals surface area contributed by atoms with E-state index in [1.165, 1.54) is 6.92 Å². The van der Waals surface area contributed by atoms with Crippen molar-refractivity contribution in [1.82, 2.24) is 14.7 Å². The van der Waals surface area contributed by atoms with Crippen LogP contribution in [0.25, 0.3) is 0 Å². The second-order valence-corrected chi connectivity index (χ2v) is 5.41. The number of aromatic nitrogens is 2. The summed E-state index contributed by atoms with van der Waals surface area (Å²) in [6.07, 6.45) is 1.55. The summed E-state index contributed by atoms with van der Waals surface area (Å²) in [5, 5.41) is 0. The molecular weight excluding hydrogens is 234 g/mol. The van der Waals surface area contributed by atoms with Gasteiger partial charge in [0.1, 0.15) is 0 Å². The third-order valence-corrected chi connectivity index (χ3v) is 3.92. The van der Waals surface area contributed by atoms with Gasteiger partial charge in [-0.25, -0.2) is 17.9 Å². The minimum absolute atomic E-state index is 0.0434. The standard InChI is InChI=1S/C8H11N3O4S/c1-4-6(7(12)10-8(13)9-4)16(14,15)11-5-2-3-5/h5,11H,2-3H2,1H3,(H2,9,10,12,13). The molecule has 0 amide bonds. The third-order valence-electron chi connectivity index (χ3n) is 2.24. The highest BCUT2D eigenvalue weighted by molar-refractivity contribution is 7.89. The molecule has 7 nitrogen and oxygen atoms in total. The lowest BCUT2D eigenvalue weighted by Crippen LogP contribution is -2.35. The Hall–Kier alpha value is -1.41. The van der Waals surface area contributed by atoms with Crippen molar-refractivity contribution in [3.63, 3.8) is 0 Å². The van der Waals surface area contributed by atoms with Gasteiger partial charge in [0, 0.05) is 11.7 Å². The topological polar surface area (TPSA) is 112 Å². The summed E-state index contributed by atoms with van der Waals surface area (Å²) in [6.45, 7) is 1.37. The molecule has 1 saturated carbocycles. The van der Waals surface area contributed by atoms with E-state index in [4.69, 9.17) is 0 Å². The van der Waals surface area contributed by atoms with Crippen LogP contribution in [0.4, 0.5) is 0 Å². The van der Waals surface area contributed by atoms with Crippen molar-refractivity contribution in [2.45, 2.75) is 30.7 Å². The van der Waals surface area contributed by atoms with Gasteiger partial charge in [-0.1, -0.05) is 0 Å². The lowest BCUT2D eigenvalue weighted by atomic mass is 10.4. The maximum Gasteiger partial charge on any atom is 0.325 e. The van der Waals surface area contributed by atoms with E-state index in [1.807, 2.05) is 4.98 Å². The van der Waals surface area contributed by atoms with Crippen molar-refractivity contribution in [2.24, 2.45) is 0 Å². The van der Waals surface area contributed by atoms with E-state index in [2.05, 4.69) is 9.71 Å². The molecule has 0 saturated heterocycles. The fourth-order valence-electron chi connectivity index (χ4n) is 1.39. The SMILES string of the molecule is Cc1[nH]c(=O)[nH]c(=O)c1S(=O)(=O)NC1CC1. The highest BCUT2D eigenvalue weighted by atomic mass is 32.2. The summed E-state index contributed by atoms with van der Waals surface area (Å²) in [5.41, 5.74) is -1.57. The van der Waals surface area contributed by atoms with Gasteiger partial charge in [-0.3, -0.25) is 9.78 Å². The number of sulfonamides is 1. The van der Waals surface area contributed by atoms with Crippen LogP contribution in [-0.2, 0) is 10.0 Å². The normalized spacial score (nSPS) is 16.3. The monoisotopic (exact) mass is 245 g/mol. The smallest absolute Gasteiger partial charge is 0.310 e. The minimum atomic E-state index is -3.84. The molecule has 88 valence electrons. The van der Waals surface area contributed by atoms with Crippen LogP contribution < -0.4 is 16.0 Å². The number of hydrogen-bond acceptors (Lipinski definition) is 4. The molecule has 1 aliphatic rings. The molecule has 8 heteroatoms. The Kier molecular flexibility index (Phi) is 2.47. The molecule has 0 aromatic carbocycles. The molecule has 0 spiro atoms. The van der Waals surface area contributed by atoms with Gasteiger partial charge in [0.2, 0.25) is 10.0 Å². The number of aromatic amines is 2. The molecule has 0 atom stereocenters. The van der Waals surface area contributed by atoms with Crippen molar-refractivity contribution in [2.75, 3.05) is 0 Å². The first kappa shape index (κ1) is 11.1. The Morgan fingerprint density at radius 1 is 1.25 bits per heavy atom. The molecule has 3 N–H and O–H groups in total. The van der Waals surface area contributed by atoms with Gasteiger partial charge in [0.25, 0.3) is 5.56 Å². The van der Waals surface area contributed by atoms with Gasteiger partial charge in [0.15, 0.2) is 4.90 Å². The Labute approximate surface area is 91.0 Å². The van der Waals surface area contributed by atoms with Crippen LogP contribution in [0.15, 0.2) is 14.5 Å². The molecule has 0 aliphatic heterocycles. The lowest BCUT2D eigenvalue weighted by molar-refractivity contribution is 0.577. The number of hydrogen-bond donors (Lipinski definition) is 3. The maximum absolute atomic E-state index is 11.8. The summed E-state index contributed by atoms with van der Waals surface area (Å²) in [7, 11) is -3.84. The fourth-order valence-corrected chi connectivity index (χ4v) is 2.93. The maximum atomic E-state index is 11.8. The highest BCUT2D eigenvalue weighted by Gasteiger charge is 2.30. The van der Waals surface area contributed by atoms with Crippen LogP contribution in [0.3, 0.4) is 0 Å². The largest absolute Gasteiger partial charge is 0.325 e. The molecule has 0 bridgehead atoms. The summed E-state index contributed by atoms with van der Waals surface area (Å²) < 4.78 is 25.9. The van der Waals surface area contributed by atoms with Crippen LogP contribution in [0.2, 0.25) is 0 Å². The Bertz CT molecular complexity index is 623. The van der Waals surface area contributed by atoms with Gasteiger partial charge in [-0.05, 0) is 19.8 Å². The number of aryl methyl sites for hydroxylation is 1. The molecule has 1 aromatic heterocycles. The molecule has 1 aromatic rings. The summed E-state index contributed by atoms with van der Waals surface area (Å²) in [4.78, 5) is 26.0. The first-order valence-electron chi connectivity index (χ1n) is 4.76. The summed E-state index contributed by atoms with van der Waals surface area (Å²) in [5.74, 6) is 0. The first-order chi connectivity index (χ1) is 7.40. The molecule has 1 fully saturated rings. The Balaban J connectivity index is 2.54. The van der Waals surface area contributed by atoms with Gasteiger partial charge in [0.05, 0.1) is 0 Å². The van der Waals surface area contributed by atoms with E-state index in [0.717, 1.165) is 12.8 Å². The molecule has 1 aliphatic carbocycles. The van der Waals surface area contributed by atoms with E-state index >= 15 is 0 Å². The zero-order chi connectivity index (χ0) is 11.9. The molecule has 0 radical (unpaired) electrons. The molecule has 0 unspecified atom stereocenters. The van der Waals surface area contributed by atoms with Crippen molar-refractivity contribution in [1.29, 1.82) is 0 Å². The highest BCUT2D eigenvalue weighted by Crippen LogP contribution is 2.21. The van der Waals surface area contributed by atoms with Crippen LogP contribution in [-0.4, -0.2) is 24.4 Å². The number of nitrogens with one attached hydrogen (secondary N) is 3. The van der Waals surface area contributed by atoms with E-state index in [9.17, 15) is 18.0 Å².